The van der Waals surface area contributed by atoms with Crippen LogP contribution in [-0.4, -0.2) is 23.8 Å². The summed E-state index contributed by atoms with van der Waals surface area (Å²) in [5.41, 5.74) is 0.966. The Labute approximate surface area is 82.3 Å². The number of hydrogen-bond donors (Lipinski definition) is 1. The average Bonchev–Trinajstić information content (AvgIpc) is 2.61. The second-order valence-electron chi connectivity index (χ2n) is 3.44. The van der Waals surface area contributed by atoms with Crippen LogP contribution in [0.1, 0.15) is 17.9 Å². The van der Waals surface area contributed by atoms with Gasteiger partial charge in [-0.1, -0.05) is 30.3 Å². The summed E-state index contributed by atoms with van der Waals surface area (Å²) in [7, 11) is 0. The first kappa shape index (κ1) is 9.21. The summed E-state index contributed by atoms with van der Waals surface area (Å²) in [4.78, 5) is 11.4. The molecule has 0 saturated carbocycles. The van der Waals surface area contributed by atoms with Crippen molar-refractivity contribution >= 4 is 5.97 Å². The molecule has 1 aromatic carbocycles. The summed E-state index contributed by atoms with van der Waals surface area (Å²) in [6.07, 6.45) is 0.256. The minimum atomic E-state index is -0.326. The molecule has 0 amide bonds. The predicted octanol–water partition coefficient (Wildman–Crippen LogP) is 1.08. The molecule has 14 heavy (non-hydrogen) atoms. The lowest BCUT2D eigenvalue weighted by Crippen LogP contribution is -2.10. The third kappa shape index (κ3) is 1.63. The van der Waals surface area contributed by atoms with Gasteiger partial charge in [-0.2, -0.15) is 0 Å². The maximum absolute atomic E-state index is 11.4. The molecule has 1 aromatic rings. The van der Waals surface area contributed by atoms with Gasteiger partial charge in [0.25, 0.3) is 0 Å². The molecule has 3 heteroatoms. The molecule has 0 spiro atoms. The molecule has 2 atom stereocenters. The van der Waals surface area contributed by atoms with Crippen LogP contribution in [0.3, 0.4) is 0 Å². The van der Waals surface area contributed by atoms with Gasteiger partial charge in [-0.15, -0.1) is 0 Å². The van der Waals surface area contributed by atoms with Crippen molar-refractivity contribution in [1.82, 2.24) is 0 Å². The van der Waals surface area contributed by atoms with Gasteiger partial charge in [0.15, 0.2) is 0 Å². The molecular weight excluding hydrogens is 180 g/mol. The standard InChI is InChI=1S/C11H12O3/c12-7-9-6-10(11(13)14-9)8-4-2-1-3-5-8/h1-5,9-10,12H,6-7H2/t9-,10-/m0/s1. The molecule has 3 nitrogen and oxygen atoms in total. The second-order valence-corrected chi connectivity index (χ2v) is 3.44. The molecular formula is C11H12O3. The van der Waals surface area contributed by atoms with E-state index in [9.17, 15) is 4.79 Å². The quantitative estimate of drug-likeness (QED) is 0.713. The maximum atomic E-state index is 11.4. The minimum Gasteiger partial charge on any atom is -0.459 e. The number of ether oxygens (including phenoxy) is 1. The fraction of sp³-hybridized carbons (Fsp3) is 0.364. The zero-order valence-electron chi connectivity index (χ0n) is 7.72. The first-order valence-electron chi connectivity index (χ1n) is 4.67. The largest absolute Gasteiger partial charge is 0.459 e. The summed E-state index contributed by atoms with van der Waals surface area (Å²) in [6, 6.07) is 9.52. The number of benzene rings is 1. The molecule has 0 radical (unpaired) electrons. The van der Waals surface area contributed by atoms with Crippen molar-refractivity contribution in [3.63, 3.8) is 0 Å². The van der Waals surface area contributed by atoms with Gasteiger partial charge in [0, 0.05) is 6.42 Å². The number of rotatable bonds is 2. The van der Waals surface area contributed by atoms with Crippen LogP contribution >= 0.6 is 0 Å². The van der Waals surface area contributed by atoms with Gasteiger partial charge in [-0.3, -0.25) is 4.79 Å². The Morgan fingerprint density at radius 1 is 1.36 bits per heavy atom. The van der Waals surface area contributed by atoms with Crippen LogP contribution in [0.15, 0.2) is 30.3 Å². The van der Waals surface area contributed by atoms with Crippen LogP contribution in [-0.2, 0) is 9.53 Å². The molecule has 0 aromatic heterocycles. The van der Waals surface area contributed by atoms with Gasteiger partial charge in [-0.05, 0) is 5.56 Å². The lowest BCUT2D eigenvalue weighted by molar-refractivity contribution is -0.143. The number of cyclic esters (lactones) is 1. The van der Waals surface area contributed by atoms with E-state index >= 15 is 0 Å². The topological polar surface area (TPSA) is 46.5 Å². The van der Waals surface area contributed by atoms with E-state index in [0.29, 0.717) is 6.42 Å². The molecule has 2 rings (SSSR count). The SMILES string of the molecule is O=C1O[C@H](CO)C[C@H]1c1ccccc1. The molecule has 0 aliphatic carbocycles. The van der Waals surface area contributed by atoms with Gasteiger partial charge >= 0.3 is 5.97 Å². The van der Waals surface area contributed by atoms with E-state index in [1.807, 2.05) is 30.3 Å². The number of aliphatic hydroxyl groups is 1. The molecule has 1 N–H and O–H groups in total. The minimum absolute atomic E-state index is 0.0882. The van der Waals surface area contributed by atoms with Crippen molar-refractivity contribution in [1.29, 1.82) is 0 Å². The zero-order chi connectivity index (χ0) is 9.97. The van der Waals surface area contributed by atoms with Crippen LogP contribution in [0.25, 0.3) is 0 Å². The Morgan fingerprint density at radius 2 is 2.07 bits per heavy atom. The van der Waals surface area contributed by atoms with Crippen molar-refractivity contribution in [2.45, 2.75) is 18.4 Å². The Kier molecular flexibility index (Phi) is 2.50. The first-order chi connectivity index (χ1) is 6.81. The lowest BCUT2D eigenvalue weighted by Gasteiger charge is -2.04. The van der Waals surface area contributed by atoms with E-state index in [1.54, 1.807) is 0 Å². The van der Waals surface area contributed by atoms with Crippen LogP contribution in [0.4, 0.5) is 0 Å². The Hall–Kier alpha value is -1.35. The van der Waals surface area contributed by atoms with E-state index in [2.05, 4.69) is 0 Å². The average molecular weight is 192 g/mol. The summed E-state index contributed by atoms with van der Waals surface area (Å²) < 4.78 is 4.99. The highest BCUT2D eigenvalue weighted by Gasteiger charge is 2.34. The molecule has 1 aliphatic heterocycles. The molecule has 0 unspecified atom stereocenters. The van der Waals surface area contributed by atoms with Crippen molar-refractivity contribution in [2.75, 3.05) is 6.61 Å². The number of carbonyl (C=O) groups is 1. The number of hydrogen-bond acceptors (Lipinski definition) is 3. The smallest absolute Gasteiger partial charge is 0.313 e. The molecule has 74 valence electrons. The molecule has 1 aliphatic rings. The van der Waals surface area contributed by atoms with Gasteiger partial charge < -0.3 is 9.84 Å². The van der Waals surface area contributed by atoms with Crippen LogP contribution in [0, 0.1) is 0 Å². The van der Waals surface area contributed by atoms with Gasteiger partial charge in [0.2, 0.25) is 0 Å². The molecule has 1 fully saturated rings. The number of esters is 1. The van der Waals surface area contributed by atoms with Gasteiger partial charge in [-0.25, -0.2) is 0 Å². The number of aliphatic hydroxyl groups excluding tert-OH is 1. The third-order valence-electron chi connectivity index (χ3n) is 2.47. The van der Waals surface area contributed by atoms with Crippen molar-refractivity contribution < 1.29 is 14.6 Å². The van der Waals surface area contributed by atoms with Crippen LogP contribution < -0.4 is 0 Å². The fourth-order valence-corrected chi connectivity index (χ4v) is 1.72. The predicted molar refractivity (Wildman–Crippen MR) is 50.8 cm³/mol. The third-order valence-corrected chi connectivity index (χ3v) is 2.47. The summed E-state index contributed by atoms with van der Waals surface area (Å²) >= 11 is 0. The Balaban J connectivity index is 2.17. The van der Waals surface area contributed by atoms with Crippen molar-refractivity contribution in [3.8, 4) is 0 Å². The van der Waals surface area contributed by atoms with E-state index in [0.717, 1.165) is 5.56 Å². The van der Waals surface area contributed by atoms with Gasteiger partial charge in [0.1, 0.15) is 6.10 Å². The molecule has 1 heterocycles. The monoisotopic (exact) mass is 192 g/mol. The normalized spacial score (nSPS) is 26.2. The maximum Gasteiger partial charge on any atom is 0.313 e. The molecule has 1 saturated heterocycles. The molecule has 0 bridgehead atoms. The van der Waals surface area contributed by atoms with E-state index < -0.39 is 0 Å². The Morgan fingerprint density at radius 3 is 2.64 bits per heavy atom. The first-order valence-corrected chi connectivity index (χ1v) is 4.67. The lowest BCUT2D eigenvalue weighted by atomic mass is 9.96. The van der Waals surface area contributed by atoms with E-state index in [1.165, 1.54) is 0 Å². The highest BCUT2D eigenvalue weighted by atomic mass is 16.6. The summed E-state index contributed by atoms with van der Waals surface area (Å²) in [6.45, 7) is -0.0882. The highest BCUT2D eigenvalue weighted by Crippen LogP contribution is 2.30. The zero-order valence-corrected chi connectivity index (χ0v) is 7.72. The number of carbonyl (C=O) groups excluding carboxylic acids is 1. The highest BCUT2D eigenvalue weighted by molar-refractivity contribution is 5.80. The van der Waals surface area contributed by atoms with Crippen molar-refractivity contribution in [2.24, 2.45) is 0 Å². The fourth-order valence-electron chi connectivity index (χ4n) is 1.72. The summed E-state index contributed by atoms with van der Waals surface area (Å²) in [5, 5.41) is 8.87. The Bertz CT molecular complexity index is 321. The van der Waals surface area contributed by atoms with Crippen LogP contribution in [0.5, 0.6) is 0 Å². The summed E-state index contributed by atoms with van der Waals surface area (Å²) in [5.74, 6) is -0.427. The van der Waals surface area contributed by atoms with Gasteiger partial charge in [0.05, 0.1) is 12.5 Å². The van der Waals surface area contributed by atoms with E-state index in [-0.39, 0.29) is 24.6 Å². The van der Waals surface area contributed by atoms with Crippen molar-refractivity contribution in [3.05, 3.63) is 35.9 Å². The van der Waals surface area contributed by atoms with E-state index in [4.69, 9.17) is 9.84 Å². The van der Waals surface area contributed by atoms with Crippen LogP contribution in [0.2, 0.25) is 0 Å². The second kappa shape index (κ2) is 3.80.